The van der Waals surface area contributed by atoms with Gasteiger partial charge in [0.05, 0.1) is 0 Å². The standard InChI is InChI=1S/C13H19IO2/c1-5-10(15)16-13(4)6-9(7-14)11(2)8-12(11,13)3/h5,9H,1,6-8H2,2-4H3. The molecule has 3 heteroatoms. The van der Waals surface area contributed by atoms with Crippen molar-refractivity contribution >= 4 is 28.6 Å². The largest absolute Gasteiger partial charge is 0.456 e. The zero-order chi connectivity index (χ0) is 12.2. The molecule has 4 atom stereocenters. The highest BCUT2D eigenvalue weighted by molar-refractivity contribution is 14.1. The Kier molecular flexibility index (Phi) is 2.69. The SMILES string of the molecule is C=CC(=O)OC1(C)CC(CI)C2(C)CC12C. The molecule has 0 saturated heterocycles. The van der Waals surface area contributed by atoms with Crippen LogP contribution in [0.5, 0.6) is 0 Å². The smallest absolute Gasteiger partial charge is 0.330 e. The van der Waals surface area contributed by atoms with Gasteiger partial charge >= 0.3 is 5.97 Å². The first kappa shape index (κ1) is 12.4. The minimum absolute atomic E-state index is 0.161. The molecular weight excluding hydrogens is 315 g/mol. The molecule has 4 unspecified atom stereocenters. The molecule has 0 heterocycles. The fourth-order valence-corrected chi connectivity index (χ4v) is 4.92. The number of halogens is 1. The summed E-state index contributed by atoms with van der Waals surface area (Å²) >= 11 is 2.45. The van der Waals surface area contributed by atoms with Crippen LogP contribution in [0.1, 0.15) is 33.6 Å². The number of carbonyl (C=O) groups excluding carboxylic acids is 1. The average Bonchev–Trinajstić information content (AvgIpc) is 2.76. The van der Waals surface area contributed by atoms with Gasteiger partial charge in [-0.15, -0.1) is 0 Å². The summed E-state index contributed by atoms with van der Waals surface area (Å²) < 4.78 is 6.79. The van der Waals surface area contributed by atoms with Crippen molar-refractivity contribution in [3.8, 4) is 0 Å². The molecule has 0 spiro atoms. The Morgan fingerprint density at radius 1 is 1.56 bits per heavy atom. The molecule has 0 aromatic heterocycles. The van der Waals surface area contributed by atoms with Crippen LogP contribution >= 0.6 is 22.6 Å². The van der Waals surface area contributed by atoms with Crippen LogP contribution < -0.4 is 0 Å². The average molecular weight is 334 g/mol. The highest BCUT2D eigenvalue weighted by Crippen LogP contribution is 2.79. The summed E-state index contributed by atoms with van der Waals surface area (Å²) in [5.74, 6) is 0.382. The van der Waals surface area contributed by atoms with E-state index in [4.69, 9.17) is 4.74 Å². The summed E-state index contributed by atoms with van der Waals surface area (Å²) in [5, 5.41) is 0. The molecule has 0 N–H and O–H groups in total. The maximum Gasteiger partial charge on any atom is 0.330 e. The fourth-order valence-electron chi connectivity index (χ4n) is 3.64. The molecule has 90 valence electrons. The number of hydrogen-bond acceptors (Lipinski definition) is 2. The number of esters is 1. The molecule has 0 bridgehead atoms. The van der Waals surface area contributed by atoms with E-state index in [-0.39, 0.29) is 17.0 Å². The van der Waals surface area contributed by atoms with E-state index in [1.807, 2.05) is 0 Å². The molecule has 0 aromatic carbocycles. The predicted octanol–water partition coefficient (Wildman–Crippen LogP) is 3.35. The lowest BCUT2D eigenvalue weighted by Gasteiger charge is -2.32. The molecule has 2 rings (SSSR count). The number of carbonyl (C=O) groups is 1. The van der Waals surface area contributed by atoms with Crippen molar-refractivity contribution in [3.63, 3.8) is 0 Å². The molecule has 2 aliphatic rings. The molecule has 2 saturated carbocycles. The quantitative estimate of drug-likeness (QED) is 0.342. The van der Waals surface area contributed by atoms with Crippen LogP contribution in [-0.2, 0) is 9.53 Å². The monoisotopic (exact) mass is 334 g/mol. The normalized spacial score (nSPS) is 49.6. The summed E-state index contributed by atoms with van der Waals surface area (Å²) in [6, 6.07) is 0. The minimum atomic E-state index is -0.303. The van der Waals surface area contributed by atoms with Gasteiger partial charge in [-0.25, -0.2) is 4.79 Å². The topological polar surface area (TPSA) is 26.3 Å². The van der Waals surface area contributed by atoms with Gasteiger partial charge in [-0.2, -0.15) is 0 Å². The Hall–Kier alpha value is -0.0600. The van der Waals surface area contributed by atoms with Gasteiger partial charge in [0.25, 0.3) is 0 Å². The lowest BCUT2D eigenvalue weighted by atomic mass is 9.87. The van der Waals surface area contributed by atoms with Crippen molar-refractivity contribution in [1.82, 2.24) is 0 Å². The van der Waals surface area contributed by atoms with Gasteiger partial charge in [0.1, 0.15) is 5.60 Å². The lowest BCUT2D eigenvalue weighted by molar-refractivity contribution is -0.158. The summed E-state index contributed by atoms with van der Waals surface area (Å²) in [6.07, 6.45) is 3.43. The Morgan fingerprint density at radius 3 is 2.62 bits per heavy atom. The first-order chi connectivity index (χ1) is 7.33. The first-order valence-electron chi connectivity index (χ1n) is 5.74. The molecule has 0 aromatic rings. The maximum atomic E-state index is 11.4. The van der Waals surface area contributed by atoms with Gasteiger partial charge in [-0.1, -0.05) is 43.0 Å². The Balaban J connectivity index is 2.24. The van der Waals surface area contributed by atoms with Crippen molar-refractivity contribution in [2.75, 3.05) is 4.43 Å². The molecule has 2 aliphatic carbocycles. The van der Waals surface area contributed by atoms with Crippen LogP contribution in [0.15, 0.2) is 12.7 Å². The summed E-state index contributed by atoms with van der Waals surface area (Å²) in [6.45, 7) is 10.2. The van der Waals surface area contributed by atoms with E-state index in [0.717, 1.165) is 10.8 Å². The van der Waals surface area contributed by atoms with Gasteiger partial charge in [0.2, 0.25) is 0 Å². The second kappa shape index (κ2) is 3.47. The van der Waals surface area contributed by atoms with Crippen molar-refractivity contribution in [2.24, 2.45) is 16.7 Å². The number of ether oxygens (including phenoxy) is 1. The number of hydrogen-bond donors (Lipinski definition) is 0. The van der Waals surface area contributed by atoms with Crippen LogP contribution in [0, 0.1) is 16.7 Å². The van der Waals surface area contributed by atoms with Gasteiger partial charge in [0.15, 0.2) is 0 Å². The van der Waals surface area contributed by atoms with Crippen molar-refractivity contribution in [2.45, 2.75) is 39.2 Å². The van der Waals surface area contributed by atoms with E-state index in [1.54, 1.807) is 0 Å². The number of alkyl halides is 1. The summed E-state index contributed by atoms with van der Waals surface area (Å²) in [7, 11) is 0. The number of fused-ring (bicyclic) bond motifs is 1. The predicted molar refractivity (Wildman–Crippen MR) is 72.5 cm³/mol. The maximum absolute atomic E-state index is 11.4. The van der Waals surface area contributed by atoms with Crippen LogP contribution in [0.25, 0.3) is 0 Å². The highest BCUT2D eigenvalue weighted by atomic mass is 127. The van der Waals surface area contributed by atoms with Crippen LogP contribution in [0.4, 0.5) is 0 Å². The van der Waals surface area contributed by atoms with Gasteiger partial charge in [-0.3, -0.25) is 0 Å². The summed E-state index contributed by atoms with van der Waals surface area (Å²) in [4.78, 5) is 11.4. The Labute approximate surface area is 111 Å². The molecule has 0 amide bonds. The second-order valence-electron chi connectivity index (χ2n) is 5.84. The molecule has 2 nitrogen and oxygen atoms in total. The Bertz CT molecular complexity index is 354. The summed E-state index contributed by atoms with van der Waals surface area (Å²) in [5.41, 5.74) is 0.224. The Morgan fingerprint density at radius 2 is 2.19 bits per heavy atom. The van der Waals surface area contributed by atoms with E-state index in [9.17, 15) is 4.79 Å². The van der Waals surface area contributed by atoms with E-state index >= 15 is 0 Å². The van der Waals surface area contributed by atoms with E-state index < -0.39 is 0 Å². The number of rotatable bonds is 3. The molecule has 2 fully saturated rings. The van der Waals surface area contributed by atoms with Gasteiger partial charge in [-0.05, 0) is 31.1 Å². The van der Waals surface area contributed by atoms with Crippen LogP contribution in [0.3, 0.4) is 0 Å². The lowest BCUT2D eigenvalue weighted by Crippen LogP contribution is -2.37. The van der Waals surface area contributed by atoms with E-state index in [0.29, 0.717) is 11.3 Å². The third-order valence-electron chi connectivity index (χ3n) is 5.24. The van der Waals surface area contributed by atoms with Crippen LogP contribution in [0.2, 0.25) is 0 Å². The van der Waals surface area contributed by atoms with Crippen LogP contribution in [-0.4, -0.2) is 16.0 Å². The van der Waals surface area contributed by atoms with E-state index in [2.05, 4.69) is 49.9 Å². The van der Waals surface area contributed by atoms with Crippen molar-refractivity contribution in [3.05, 3.63) is 12.7 Å². The van der Waals surface area contributed by atoms with Crippen molar-refractivity contribution < 1.29 is 9.53 Å². The minimum Gasteiger partial charge on any atom is -0.456 e. The molecule has 16 heavy (non-hydrogen) atoms. The zero-order valence-corrected chi connectivity index (χ0v) is 12.3. The van der Waals surface area contributed by atoms with Crippen molar-refractivity contribution in [1.29, 1.82) is 0 Å². The first-order valence-corrected chi connectivity index (χ1v) is 7.27. The zero-order valence-electron chi connectivity index (χ0n) is 10.2. The molecule has 0 aliphatic heterocycles. The van der Waals surface area contributed by atoms with E-state index in [1.165, 1.54) is 12.5 Å². The second-order valence-corrected chi connectivity index (χ2v) is 6.72. The van der Waals surface area contributed by atoms with Gasteiger partial charge < -0.3 is 4.74 Å². The molecule has 0 radical (unpaired) electrons. The third kappa shape index (κ3) is 1.33. The molecular formula is C13H19IO2. The van der Waals surface area contributed by atoms with Gasteiger partial charge in [0, 0.05) is 15.9 Å². The third-order valence-corrected chi connectivity index (χ3v) is 6.30. The fraction of sp³-hybridized carbons (Fsp3) is 0.769. The highest BCUT2D eigenvalue weighted by Gasteiger charge is 2.78.